The summed E-state index contributed by atoms with van der Waals surface area (Å²) in [5.41, 5.74) is 0.744. The lowest BCUT2D eigenvalue weighted by Gasteiger charge is -2.12. The monoisotopic (exact) mass is 211 g/mol. The summed E-state index contributed by atoms with van der Waals surface area (Å²) < 4.78 is 10.1. The minimum Gasteiger partial charge on any atom is -0.497 e. The molecule has 1 aromatic carbocycles. The molecule has 0 radical (unpaired) electrons. The van der Waals surface area contributed by atoms with Gasteiger partial charge in [0.25, 0.3) is 0 Å². The predicted molar refractivity (Wildman–Crippen MR) is 54.6 cm³/mol. The molecule has 1 unspecified atom stereocenters. The molecule has 0 fully saturated rings. The number of methoxy groups -OCH3 is 2. The normalized spacial score (nSPS) is 12.1. The third-order valence-electron chi connectivity index (χ3n) is 2.06. The maximum absolute atomic E-state index is 10.4. The average molecular weight is 211 g/mol. The molecule has 0 saturated heterocycles. The van der Waals surface area contributed by atoms with Crippen LogP contribution in [0.15, 0.2) is 24.3 Å². The lowest BCUT2D eigenvalue weighted by molar-refractivity contribution is -0.492. The molecule has 0 bridgehead atoms. The topological polar surface area (TPSA) is 61.6 Å². The molecule has 0 aliphatic heterocycles. The Kier molecular flexibility index (Phi) is 4.05. The quantitative estimate of drug-likeness (QED) is 0.549. The second-order valence-electron chi connectivity index (χ2n) is 3.02. The summed E-state index contributed by atoms with van der Waals surface area (Å²) in [4.78, 5) is 10.00. The summed E-state index contributed by atoms with van der Waals surface area (Å²) in [7, 11) is 3.00. The Hall–Kier alpha value is -1.62. The van der Waals surface area contributed by atoms with Crippen molar-refractivity contribution in [2.24, 2.45) is 0 Å². The van der Waals surface area contributed by atoms with E-state index in [1.54, 1.807) is 31.4 Å². The van der Waals surface area contributed by atoms with Crippen molar-refractivity contribution in [2.45, 2.75) is 6.10 Å². The van der Waals surface area contributed by atoms with Crippen molar-refractivity contribution < 1.29 is 14.4 Å². The maximum atomic E-state index is 10.4. The number of hydrogen-bond acceptors (Lipinski definition) is 4. The van der Waals surface area contributed by atoms with Gasteiger partial charge in [-0.05, 0) is 17.7 Å². The molecule has 0 aliphatic carbocycles. The summed E-state index contributed by atoms with van der Waals surface area (Å²) in [5, 5.41) is 10.4. The van der Waals surface area contributed by atoms with Gasteiger partial charge >= 0.3 is 0 Å². The van der Waals surface area contributed by atoms with E-state index in [0.29, 0.717) is 5.75 Å². The first-order valence-corrected chi connectivity index (χ1v) is 4.46. The zero-order chi connectivity index (χ0) is 11.3. The number of nitro groups is 1. The smallest absolute Gasteiger partial charge is 0.233 e. The van der Waals surface area contributed by atoms with Crippen LogP contribution >= 0.6 is 0 Å². The van der Waals surface area contributed by atoms with Crippen LogP contribution in [-0.4, -0.2) is 25.7 Å². The zero-order valence-electron chi connectivity index (χ0n) is 8.67. The SMILES string of the molecule is COc1cccc(C(C[N+](=O)[O-])OC)c1. The lowest BCUT2D eigenvalue weighted by atomic mass is 10.1. The molecular weight excluding hydrogens is 198 g/mol. The van der Waals surface area contributed by atoms with Crippen molar-refractivity contribution in [1.29, 1.82) is 0 Å². The predicted octanol–water partition coefficient (Wildman–Crippen LogP) is 1.66. The third-order valence-corrected chi connectivity index (χ3v) is 2.06. The van der Waals surface area contributed by atoms with Crippen molar-refractivity contribution in [2.75, 3.05) is 20.8 Å². The van der Waals surface area contributed by atoms with Gasteiger partial charge in [0.1, 0.15) is 11.9 Å². The van der Waals surface area contributed by atoms with Gasteiger partial charge in [-0.2, -0.15) is 0 Å². The molecule has 15 heavy (non-hydrogen) atoms. The Morgan fingerprint density at radius 3 is 2.73 bits per heavy atom. The molecule has 0 N–H and O–H groups in total. The Bertz CT molecular complexity index is 340. The van der Waals surface area contributed by atoms with Crippen molar-refractivity contribution in [3.05, 3.63) is 39.9 Å². The first-order valence-electron chi connectivity index (χ1n) is 4.46. The van der Waals surface area contributed by atoms with Crippen LogP contribution in [0.2, 0.25) is 0 Å². The van der Waals surface area contributed by atoms with E-state index in [1.807, 2.05) is 0 Å². The summed E-state index contributed by atoms with van der Waals surface area (Å²) >= 11 is 0. The summed E-state index contributed by atoms with van der Waals surface area (Å²) in [6.45, 7) is -0.246. The van der Waals surface area contributed by atoms with Crippen molar-refractivity contribution in [1.82, 2.24) is 0 Å². The van der Waals surface area contributed by atoms with Crippen LogP contribution < -0.4 is 4.74 Å². The first kappa shape index (κ1) is 11.5. The van der Waals surface area contributed by atoms with E-state index < -0.39 is 11.0 Å². The largest absolute Gasteiger partial charge is 0.497 e. The van der Waals surface area contributed by atoms with E-state index in [4.69, 9.17) is 9.47 Å². The molecule has 0 amide bonds. The van der Waals surface area contributed by atoms with Crippen LogP contribution in [0, 0.1) is 10.1 Å². The van der Waals surface area contributed by atoms with Crippen LogP contribution in [0.3, 0.4) is 0 Å². The molecule has 1 rings (SSSR count). The average Bonchev–Trinajstić information content (AvgIpc) is 2.25. The van der Waals surface area contributed by atoms with E-state index in [0.717, 1.165) is 5.56 Å². The molecule has 0 saturated carbocycles. The number of benzene rings is 1. The Balaban J connectivity index is 2.85. The standard InChI is InChI=1S/C10H13NO4/c1-14-9-5-3-4-8(6-9)10(15-2)7-11(12)13/h3-6,10H,7H2,1-2H3. The van der Waals surface area contributed by atoms with Crippen molar-refractivity contribution in [3.8, 4) is 5.75 Å². The van der Waals surface area contributed by atoms with Crippen molar-refractivity contribution >= 4 is 0 Å². The summed E-state index contributed by atoms with van der Waals surface area (Å²) in [5.74, 6) is 0.665. The molecule has 5 nitrogen and oxygen atoms in total. The molecule has 0 spiro atoms. The van der Waals surface area contributed by atoms with E-state index in [9.17, 15) is 10.1 Å². The van der Waals surface area contributed by atoms with Crippen LogP contribution in [0.25, 0.3) is 0 Å². The minimum atomic E-state index is -0.532. The van der Waals surface area contributed by atoms with Crippen molar-refractivity contribution in [3.63, 3.8) is 0 Å². The summed E-state index contributed by atoms with van der Waals surface area (Å²) in [6, 6.07) is 7.07. The van der Waals surface area contributed by atoms with Gasteiger partial charge in [0.05, 0.1) is 7.11 Å². The van der Waals surface area contributed by atoms with Gasteiger partial charge in [-0.25, -0.2) is 0 Å². The van der Waals surface area contributed by atoms with Gasteiger partial charge in [0.2, 0.25) is 6.54 Å². The maximum Gasteiger partial charge on any atom is 0.233 e. The molecule has 0 aromatic heterocycles. The minimum absolute atomic E-state index is 0.246. The second kappa shape index (κ2) is 5.31. The van der Waals surface area contributed by atoms with E-state index in [-0.39, 0.29) is 6.54 Å². The van der Waals surface area contributed by atoms with Crippen LogP contribution in [-0.2, 0) is 4.74 Å². The number of ether oxygens (including phenoxy) is 2. The van der Waals surface area contributed by atoms with Gasteiger partial charge in [0.15, 0.2) is 0 Å². The number of nitrogens with zero attached hydrogens (tertiary/aromatic N) is 1. The van der Waals surface area contributed by atoms with Gasteiger partial charge in [-0.15, -0.1) is 0 Å². The first-order chi connectivity index (χ1) is 7.17. The third kappa shape index (κ3) is 3.21. The van der Waals surface area contributed by atoms with E-state index in [2.05, 4.69) is 0 Å². The van der Waals surface area contributed by atoms with E-state index >= 15 is 0 Å². The Labute approximate surface area is 87.8 Å². The Morgan fingerprint density at radius 1 is 1.47 bits per heavy atom. The van der Waals surface area contributed by atoms with Gasteiger partial charge in [0, 0.05) is 12.0 Å². The molecule has 5 heteroatoms. The zero-order valence-corrected chi connectivity index (χ0v) is 8.67. The van der Waals surface area contributed by atoms with Gasteiger partial charge in [-0.3, -0.25) is 10.1 Å². The molecular formula is C10H13NO4. The fourth-order valence-corrected chi connectivity index (χ4v) is 1.29. The number of hydrogen-bond donors (Lipinski definition) is 0. The summed E-state index contributed by atoms with van der Waals surface area (Å²) in [6.07, 6.45) is -0.532. The fourth-order valence-electron chi connectivity index (χ4n) is 1.29. The molecule has 0 aliphatic rings. The van der Waals surface area contributed by atoms with Crippen LogP contribution in [0.5, 0.6) is 5.75 Å². The van der Waals surface area contributed by atoms with Crippen LogP contribution in [0.4, 0.5) is 0 Å². The fraction of sp³-hybridized carbons (Fsp3) is 0.400. The Morgan fingerprint density at radius 2 is 2.20 bits per heavy atom. The lowest BCUT2D eigenvalue weighted by Crippen LogP contribution is -2.14. The highest BCUT2D eigenvalue weighted by molar-refractivity contribution is 5.29. The highest BCUT2D eigenvalue weighted by Crippen LogP contribution is 2.21. The molecule has 1 atom stereocenters. The highest BCUT2D eigenvalue weighted by Gasteiger charge is 2.17. The highest BCUT2D eigenvalue weighted by atomic mass is 16.6. The van der Waals surface area contributed by atoms with Crippen LogP contribution in [0.1, 0.15) is 11.7 Å². The second-order valence-corrected chi connectivity index (χ2v) is 3.02. The number of rotatable bonds is 5. The molecule has 1 aromatic rings. The van der Waals surface area contributed by atoms with E-state index in [1.165, 1.54) is 7.11 Å². The van der Waals surface area contributed by atoms with Gasteiger partial charge < -0.3 is 9.47 Å². The van der Waals surface area contributed by atoms with Gasteiger partial charge in [-0.1, -0.05) is 12.1 Å². The molecule has 82 valence electrons. The molecule has 0 heterocycles.